The number of hydrogen-bond acceptors (Lipinski definition) is 3. The van der Waals surface area contributed by atoms with E-state index in [2.05, 4.69) is 15.4 Å². The molecule has 12 heavy (non-hydrogen) atoms. The highest BCUT2D eigenvalue weighted by molar-refractivity contribution is 7.88. The van der Waals surface area contributed by atoms with Gasteiger partial charge < -0.3 is 10.6 Å². The first-order valence-electron chi connectivity index (χ1n) is 3.36. The molecule has 0 aromatic carbocycles. The van der Waals surface area contributed by atoms with Crippen LogP contribution in [0.3, 0.4) is 0 Å². The van der Waals surface area contributed by atoms with Crippen molar-refractivity contribution in [3.05, 3.63) is 0 Å². The first-order valence-corrected chi connectivity index (χ1v) is 5.25. The fraction of sp³-hybridized carbons (Fsp3) is 0.800. The normalized spacial score (nSPS) is 10.8. The molecule has 2 amide bonds. The summed E-state index contributed by atoms with van der Waals surface area (Å²) < 4.78 is 23.2. The summed E-state index contributed by atoms with van der Waals surface area (Å²) in [5.74, 6) is 0. The summed E-state index contributed by atoms with van der Waals surface area (Å²) in [6.45, 7) is 0.471. The topological polar surface area (TPSA) is 87.3 Å². The zero-order valence-corrected chi connectivity index (χ0v) is 7.86. The molecule has 0 saturated heterocycles. The van der Waals surface area contributed by atoms with Crippen LogP contribution in [-0.4, -0.2) is 40.8 Å². The molecule has 0 spiro atoms. The van der Waals surface area contributed by atoms with E-state index >= 15 is 0 Å². The number of carbonyl (C=O) groups excluding carboxylic acids is 1. The molecule has 6 nitrogen and oxygen atoms in total. The quantitative estimate of drug-likeness (QED) is 0.475. The Morgan fingerprint density at radius 3 is 2.33 bits per heavy atom. The van der Waals surface area contributed by atoms with Crippen LogP contribution < -0.4 is 15.4 Å². The summed E-state index contributed by atoms with van der Waals surface area (Å²) in [5, 5.41) is 4.76. The molecule has 0 bridgehead atoms. The van der Waals surface area contributed by atoms with Crippen molar-refractivity contribution in [2.75, 3.05) is 26.4 Å². The van der Waals surface area contributed by atoms with Gasteiger partial charge in [-0.3, -0.25) is 0 Å². The Balaban J connectivity index is 3.40. The minimum atomic E-state index is -3.15. The Kier molecular flexibility index (Phi) is 4.60. The van der Waals surface area contributed by atoms with Gasteiger partial charge in [0.2, 0.25) is 10.0 Å². The third kappa shape index (κ3) is 7.29. The van der Waals surface area contributed by atoms with E-state index in [9.17, 15) is 13.2 Å². The van der Waals surface area contributed by atoms with Crippen molar-refractivity contribution in [3.63, 3.8) is 0 Å². The number of hydrogen-bond donors (Lipinski definition) is 3. The van der Waals surface area contributed by atoms with E-state index in [1.165, 1.54) is 7.05 Å². The van der Waals surface area contributed by atoms with Gasteiger partial charge in [-0.05, 0) is 0 Å². The maximum Gasteiger partial charge on any atom is 0.314 e. The molecule has 0 heterocycles. The zero-order valence-electron chi connectivity index (χ0n) is 7.05. The summed E-state index contributed by atoms with van der Waals surface area (Å²) in [5.41, 5.74) is 0. The van der Waals surface area contributed by atoms with E-state index in [0.29, 0.717) is 0 Å². The van der Waals surface area contributed by atoms with Crippen LogP contribution in [0.15, 0.2) is 0 Å². The molecular formula is C5H13N3O3S. The highest BCUT2D eigenvalue weighted by atomic mass is 32.2. The summed E-state index contributed by atoms with van der Waals surface area (Å²) >= 11 is 0. The number of sulfonamides is 1. The lowest BCUT2D eigenvalue weighted by Crippen LogP contribution is -2.38. The van der Waals surface area contributed by atoms with Crippen LogP contribution >= 0.6 is 0 Å². The monoisotopic (exact) mass is 195 g/mol. The van der Waals surface area contributed by atoms with Crippen LogP contribution in [0.25, 0.3) is 0 Å². The Bertz CT molecular complexity index is 236. The lowest BCUT2D eigenvalue weighted by molar-refractivity contribution is 0.243. The predicted molar refractivity (Wildman–Crippen MR) is 45.3 cm³/mol. The van der Waals surface area contributed by atoms with E-state index < -0.39 is 10.0 Å². The van der Waals surface area contributed by atoms with Gasteiger partial charge in [0, 0.05) is 20.1 Å². The molecule has 0 atom stereocenters. The Labute approximate surface area is 71.8 Å². The van der Waals surface area contributed by atoms with E-state index in [4.69, 9.17) is 0 Å². The third-order valence-electron chi connectivity index (χ3n) is 1.00. The molecule has 0 fully saturated rings. The number of rotatable bonds is 4. The van der Waals surface area contributed by atoms with E-state index in [1.54, 1.807) is 0 Å². The fourth-order valence-corrected chi connectivity index (χ4v) is 0.974. The van der Waals surface area contributed by atoms with Gasteiger partial charge in [0.1, 0.15) is 0 Å². The summed E-state index contributed by atoms with van der Waals surface area (Å²) in [6.07, 6.45) is 1.06. The molecule has 0 rings (SSSR count). The molecule has 0 aliphatic heterocycles. The smallest absolute Gasteiger partial charge is 0.314 e. The second kappa shape index (κ2) is 4.94. The maximum absolute atomic E-state index is 10.5. The molecular weight excluding hydrogens is 182 g/mol. The van der Waals surface area contributed by atoms with Crippen molar-refractivity contribution in [2.45, 2.75) is 0 Å². The predicted octanol–water partition coefficient (Wildman–Crippen LogP) is -1.54. The SMILES string of the molecule is CNC(=O)NCCNS(C)(=O)=O. The Morgan fingerprint density at radius 2 is 1.92 bits per heavy atom. The molecule has 0 unspecified atom stereocenters. The number of urea groups is 1. The van der Waals surface area contributed by atoms with Crippen molar-refractivity contribution < 1.29 is 13.2 Å². The lowest BCUT2D eigenvalue weighted by Gasteiger charge is -2.03. The largest absolute Gasteiger partial charge is 0.341 e. The van der Waals surface area contributed by atoms with Crippen LogP contribution in [0, 0.1) is 0 Å². The molecule has 0 aromatic rings. The van der Waals surface area contributed by atoms with Gasteiger partial charge in [-0.1, -0.05) is 0 Å². The van der Waals surface area contributed by atoms with Crippen LogP contribution in [0.2, 0.25) is 0 Å². The standard InChI is InChI=1S/C5H13N3O3S/c1-6-5(9)7-3-4-8-12(2,10)11/h8H,3-4H2,1-2H3,(H2,6,7,9). The second-order valence-electron chi connectivity index (χ2n) is 2.17. The Hall–Kier alpha value is -0.820. The van der Waals surface area contributed by atoms with Crippen LogP contribution in [0.1, 0.15) is 0 Å². The van der Waals surface area contributed by atoms with E-state index in [1.807, 2.05) is 0 Å². The van der Waals surface area contributed by atoms with E-state index in [-0.39, 0.29) is 19.1 Å². The van der Waals surface area contributed by atoms with Crippen LogP contribution in [-0.2, 0) is 10.0 Å². The first kappa shape index (κ1) is 11.2. The first-order chi connectivity index (χ1) is 5.45. The average molecular weight is 195 g/mol. The molecule has 0 aliphatic carbocycles. The number of amides is 2. The van der Waals surface area contributed by atoms with Crippen molar-refractivity contribution in [3.8, 4) is 0 Å². The lowest BCUT2D eigenvalue weighted by atomic mass is 10.6. The highest BCUT2D eigenvalue weighted by Gasteiger charge is 1.99. The van der Waals surface area contributed by atoms with Gasteiger partial charge in [0.05, 0.1) is 6.26 Å². The van der Waals surface area contributed by atoms with Crippen LogP contribution in [0.4, 0.5) is 4.79 Å². The number of carbonyl (C=O) groups is 1. The Morgan fingerprint density at radius 1 is 1.33 bits per heavy atom. The molecule has 0 aliphatic rings. The average Bonchev–Trinajstić information content (AvgIpc) is 1.96. The minimum Gasteiger partial charge on any atom is -0.341 e. The molecule has 72 valence electrons. The molecule has 3 N–H and O–H groups in total. The van der Waals surface area contributed by atoms with Gasteiger partial charge in [-0.2, -0.15) is 0 Å². The van der Waals surface area contributed by atoms with Gasteiger partial charge in [0.15, 0.2) is 0 Å². The van der Waals surface area contributed by atoms with Crippen molar-refractivity contribution >= 4 is 16.1 Å². The third-order valence-corrected chi connectivity index (χ3v) is 1.73. The maximum atomic E-state index is 10.5. The van der Waals surface area contributed by atoms with Gasteiger partial charge >= 0.3 is 6.03 Å². The minimum absolute atomic E-state index is 0.201. The molecule has 7 heteroatoms. The number of nitrogens with one attached hydrogen (secondary N) is 3. The molecule has 0 aromatic heterocycles. The van der Waals surface area contributed by atoms with Gasteiger partial charge in [-0.15, -0.1) is 0 Å². The highest BCUT2D eigenvalue weighted by Crippen LogP contribution is 1.70. The summed E-state index contributed by atoms with van der Waals surface area (Å²) in [6, 6.07) is -0.328. The van der Waals surface area contributed by atoms with Crippen molar-refractivity contribution in [1.29, 1.82) is 0 Å². The second-order valence-corrected chi connectivity index (χ2v) is 4.01. The van der Waals surface area contributed by atoms with Gasteiger partial charge in [-0.25, -0.2) is 17.9 Å². The molecule has 0 saturated carbocycles. The zero-order chi connectivity index (χ0) is 9.61. The summed E-state index contributed by atoms with van der Waals surface area (Å²) in [4.78, 5) is 10.5. The van der Waals surface area contributed by atoms with Crippen molar-refractivity contribution in [1.82, 2.24) is 15.4 Å². The van der Waals surface area contributed by atoms with Gasteiger partial charge in [0.25, 0.3) is 0 Å². The van der Waals surface area contributed by atoms with E-state index in [0.717, 1.165) is 6.26 Å². The van der Waals surface area contributed by atoms with Crippen molar-refractivity contribution in [2.24, 2.45) is 0 Å². The fourth-order valence-electron chi connectivity index (χ4n) is 0.501. The summed E-state index contributed by atoms with van der Waals surface area (Å²) in [7, 11) is -1.67. The van der Waals surface area contributed by atoms with Crippen LogP contribution in [0.5, 0.6) is 0 Å². The molecule has 0 radical (unpaired) electrons.